The molecule has 0 saturated heterocycles. The molecule has 0 bridgehead atoms. The topological polar surface area (TPSA) is 35.5 Å². The van der Waals surface area contributed by atoms with E-state index in [1.165, 1.54) is 12.8 Å². The molecule has 0 saturated carbocycles. The quantitative estimate of drug-likeness (QED) is 0.487. The standard InChI is InChI=1S/C14H28O3/c1-7-8-9-10-14(5,6)17-13(15)16-12(4)11(2)3/h11-12H,7-10H2,1-6H3/t12-/m0/s1. The summed E-state index contributed by atoms with van der Waals surface area (Å²) >= 11 is 0. The zero-order valence-electron chi connectivity index (χ0n) is 12.2. The first-order chi connectivity index (χ1) is 7.78. The molecule has 0 heterocycles. The molecule has 0 spiro atoms. The number of hydrogen-bond donors (Lipinski definition) is 0. The maximum absolute atomic E-state index is 11.6. The first-order valence-corrected chi connectivity index (χ1v) is 6.68. The zero-order chi connectivity index (χ0) is 13.5. The Hall–Kier alpha value is -0.730. The highest BCUT2D eigenvalue weighted by atomic mass is 16.7. The van der Waals surface area contributed by atoms with E-state index in [1.807, 2.05) is 34.6 Å². The second kappa shape index (κ2) is 7.57. The Bertz CT molecular complexity index is 222. The Morgan fingerprint density at radius 1 is 1.18 bits per heavy atom. The van der Waals surface area contributed by atoms with Crippen LogP contribution in [0.1, 0.15) is 67.2 Å². The maximum atomic E-state index is 11.6. The van der Waals surface area contributed by atoms with Crippen LogP contribution in [0, 0.1) is 5.92 Å². The van der Waals surface area contributed by atoms with Gasteiger partial charge in [-0.25, -0.2) is 4.79 Å². The minimum atomic E-state index is -0.548. The van der Waals surface area contributed by atoms with Crippen LogP contribution in [0.2, 0.25) is 0 Å². The van der Waals surface area contributed by atoms with E-state index >= 15 is 0 Å². The third-order valence-electron chi connectivity index (χ3n) is 2.96. The molecular weight excluding hydrogens is 216 g/mol. The minimum Gasteiger partial charge on any atom is -0.431 e. The number of ether oxygens (including phenoxy) is 2. The lowest BCUT2D eigenvalue weighted by molar-refractivity contribution is -0.0426. The lowest BCUT2D eigenvalue weighted by atomic mass is 10.0. The molecule has 0 N–H and O–H groups in total. The van der Waals surface area contributed by atoms with Crippen molar-refractivity contribution >= 4 is 6.16 Å². The number of rotatable bonds is 7. The van der Waals surface area contributed by atoms with Crippen molar-refractivity contribution in [3.8, 4) is 0 Å². The SMILES string of the molecule is CCCCCC(C)(C)OC(=O)O[C@@H](C)C(C)C. The van der Waals surface area contributed by atoms with E-state index in [1.54, 1.807) is 0 Å². The van der Waals surface area contributed by atoms with Gasteiger partial charge in [0.05, 0.1) is 0 Å². The molecule has 17 heavy (non-hydrogen) atoms. The molecule has 0 aromatic heterocycles. The zero-order valence-corrected chi connectivity index (χ0v) is 12.2. The molecule has 0 aliphatic rings. The molecule has 102 valence electrons. The van der Waals surface area contributed by atoms with Gasteiger partial charge < -0.3 is 9.47 Å². The third kappa shape index (κ3) is 8.06. The first kappa shape index (κ1) is 16.3. The lowest BCUT2D eigenvalue weighted by Gasteiger charge is -2.26. The predicted octanol–water partition coefficient (Wildman–Crippen LogP) is 4.54. The van der Waals surface area contributed by atoms with Gasteiger partial charge in [0.25, 0.3) is 0 Å². The van der Waals surface area contributed by atoms with Crippen molar-refractivity contribution in [2.45, 2.75) is 78.9 Å². The first-order valence-electron chi connectivity index (χ1n) is 6.68. The lowest BCUT2D eigenvalue weighted by Crippen LogP contribution is -2.31. The second-order valence-corrected chi connectivity index (χ2v) is 5.64. The largest absolute Gasteiger partial charge is 0.509 e. The predicted molar refractivity (Wildman–Crippen MR) is 70.1 cm³/mol. The van der Waals surface area contributed by atoms with E-state index in [2.05, 4.69) is 6.92 Å². The third-order valence-corrected chi connectivity index (χ3v) is 2.96. The summed E-state index contributed by atoms with van der Waals surface area (Å²) < 4.78 is 10.5. The number of carbonyl (C=O) groups is 1. The van der Waals surface area contributed by atoms with Crippen molar-refractivity contribution in [2.75, 3.05) is 0 Å². The summed E-state index contributed by atoms with van der Waals surface area (Å²) in [4.78, 5) is 11.6. The van der Waals surface area contributed by atoms with Crippen molar-refractivity contribution in [1.82, 2.24) is 0 Å². The van der Waals surface area contributed by atoms with Crippen molar-refractivity contribution in [1.29, 1.82) is 0 Å². The summed E-state index contributed by atoms with van der Waals surface area (Å²) in [5, 5.41) is 0. The molecule has 0 radical (unpaired) electrons. The molecule has 0 aromatic carbocycles. The van der Waals surface area contributed by atoms with E-state index in [0.29, 0.717) is 5.92 Å². The van der Waals surface area contributed by atoms with Crippen LogP contribution in [0.4, 0.5) is 4.79 Å². The van der Waals surface area contributed by atoms with Crippen LogP contribution in [-0.4, -0.2) is 17.9 Å². The molecule has 0 aliphatic carbocycles. The van der Waals surface area contributed by atoms with Crippen LogP contribution in [0.5, 0.6) is 0 Å². The van der Waals surface area contributed by atoms with Crippen LogP contribution in [-0.2, 0) is 9.47 Å². The van der Waals surface area contributed by atoms with E-state index in [0.717, 1.165) is 12.8 Å². The fraction of sp³-hybridized carbons (Fsp3) is 0.929. The molecule has 1 atom stereocenters. The number of hydrogen-bond acceptors (Lipinski definition) is 3. The molecule has 3 nitrogen and oxygen atoms in total. The molecule has 0 rings (SSSR count). The van der Waals surface area contributed by atoms with Gasteiger partial charge in [0.1, 0.15) is 11.7 Å². The van der Waals surface area contributed by atoms with Crippen LogP contribution in [0.25, 0.3) is 0 Å². The van der Waals surface area contributed by atoms with Gasteiger partial charge in [0.2, 0.25) is 0 Å². The highest BCUT2D eigenvalue weighted by Crippen LogP contribution is 2.20. The van der Waals surface area contributed by atoms with Crippen LogP contribution in [0.3, 0.4) is 0 Å². The maximum Gasteiger partial charge on any atom is 0.509 e. The van der Waals surface area contributed by atoms with Gasteiger partial charge >= 0.3 is 6.16 Å². The molecule has 0 unspecified atom stereocenters. The average molecular weight is 244 g/mol. The molecule has 0 fully saturated rings. The monoisotopic (exact) mass is 244 g/mol. The normalized spacial score (nSPS) is 13.6. The van der Waals surface area contributed by atoms with Crippen LogP contribution >= 0.6 is 0 Å². The highest BCUT2D eigenvalue weighted by Gasteiger charge is 2.24. The number of unbranched alkanes of at least 4 members (excludes halogenated alkanes) is 2. The molecule has 0 amide bonds. The van der Waals surface area contributed by atoms with Crippen molar-refractivity contribution in [2.24, 2.45) is 5.92 Å². The van der Waals surface area contributed by atoms with Crippen molar-refractivity contribution in [3.05, 3.63) is 0 Å². The summed E-state index contributed by atoms with van der Waals surface area (Å²) in [5.41, 5.74) is -0.428. The fourth-order valence-corrected chi connectivity index (χ4v) is 1.39. The van der Waals surface area contributed by atoms with Crippen LogP contribution in [0.15, 0.2) is 0 Å². The summed E-state index contributed by atoms with van der Waals surface area (Å²) in [5.74, 6) is 0.311. The van der Waals surface area contributed by atoms with Crippen molar-refractivity contribution in [3.63, 3.8) is 0 Å². The van der Waals surface area contributed by atoms with Gasteiger partial charge in [-0.15, -0.1) is 0 Å². The van der Waals surface area contributed by atoms with Gasteiger partial charge in [-0.1, -0.05) is 33.6 Å². The van der Waals surface area contributed by atoms with Gasteiger partial charge in [-0.3, -0.25) is 0 Å². The average Bonchev–Trinajstić information content (AvgIpc) is 2.16. The summed E-state index contributed by atoms with van der Waals surface area (Å²) in [7, 11) is 0. The van der Waals surface area contributed by atoms with E-state index in [-0.39, 0.29) is 6.10 Å². The van der Waals surface area contributed by atoms with Crippen LogP contribution < -0.4 is 0 Å². The van der Waals surface area contributed by atoms with Gasteiger partial charge in [0, 0.05) is 0 Å². The Balaban J connectivity index is 4.00. The molecule has 0 aromatic rings. The fourth-order valence-electron chi connectivity index (χ4n) is 1.39. The summed E-state index contributed by atoms with van der Waals surface area (Å²) in [6.45, 7) is 11.9. The van der Waals surface area contributed by atoms with Gasteiger partial charge in [0.15, 0.2) is 0 Å². The summed E-state index contributed by atoms with van der Waals surface area (Å²) in [6, 6.07) is 0. The Labute approximate surface area is 106 Å². The van der Waals surface area contributed by atoms with Crippen molar-refractivity contribution < 1.29 is 14.3 Å². The van der Waals surface area contributed by atoms with E-state index < -0.39 is 11.8 Å². The second-order valence-electron chi connectivity index (χ2n) is 5.64. The Kier molecular flexibility index (Phi) is 7.24. The molecule has 3 heteroatoms. The van der Waals surface area contributed by atoms with Gasteiger partial charge in [-0.2, -0.15) is 0 Å². The molecule has 0 aliphatic heterocycles. The Morgan fingerprint density at radius 2 is 1.76 bits per heavy atom. The highest BCUT2D eigenvalue weighted by molar-refractivity contribution is 5.60. The number of carbonyl (C=O) groups excluding carboxylic acids is 1. The van der Waals surface area contributed by atoms with Gasteiger partial charge in [-0.05, 0) is 39.5 Å². The molecular formula is C14H28O3. The van der Waals surface area contributed by atoms with E-state index in [4.69, 9.17) is 9.47 Å². The Morgan fingerprint density at radius 3 is 2.24 bits per heavy atom. The van der Waals surface area contributed by atoms with E-state index in [9.17, 15) is 4.79 Å². The summed E-state index contributed by atoms with van der Waals surface area (Å²) in [6.07, 6.45) is 3.65. The minimum absolute atomic E-state index is 0.103. The smallest absolute Gasteiger partial charge is 0.431 e.